The third kappa shape index (κ3) is 3.01. The molecule has 102 valence electrons. The summed E-state index contributed by atoms with van der Waals surface area (Å²) in [5, 5.41) is 8.94. The first-order chi connectivity index (χ1) is 9.11. The Morgan fingerprint density at radius 2 is 2.42 bits per heavy atom. The van der Waals surface area contributed by atoms with Crippen LogP contribution in [0.5, 0.6) is 5.88 Å². The quantitative estimate of drug-likeness (QED) is 0.855. The molecule has 0 aliphatic carbocycles. The molecule has 0 aromatic carbocycles. The van der Waals surface area contributed by atoms with Crippen LogP contribution in [-0.2, 0) is 16.1 Å². The first-order valence-corrected chi connectivity index (χ1v) is 6.19. The molecule has 0 bridgehead atoms. The third-order valence-corrected chi connectivity index (χ3v) is 3.06. The molecule has 1 atom stereocenters. The van der Waals surface area contributed by atoms with E-state index in [4.69, 9.17) is 9.84 Å². The Labute approximate surface area is 111 Å². The third-order valence-electron chi connectivity index (χ3n) is 3.06. The van der Waals surface area contributed by atoms with Gasteiger partial charge in [0.15, 0.2) is 0 Å². The second-order valence-corrected chi connectivity index (χ2v) is 4.41. The van der Waals surface area contributed by atoms with Gasteiger partial charge in [-0.2, -0.15) is 0 Å². The number of nitrogens with zero attached hydrogens (tertiary/aromatic N) is 2. The minimum Gasteiger partial charge on any atom is -0.481 e. The van der Waals surface area contributed by atoms with Crippen LogP contribution >= 0.6 is 0 Å². The van der Waals surface area contributed by atoms with Crippen molar-refractivity contribution in [2.45, 2.75) is 19.9 Å². The van der Waals surface area contributed by atoms with Crippen molar-refractivity contribution in [1.29, 1.82) is 0 Å². The molecule has 1 unspecified atom stereocenters. The fourth-order valence-corrected chi connectivity index (χ4v) is 2.11. The summed E-state index contributed by atoms with van der Waals surface area (Å²) in [6, 6.07) is 3.60. The summed E-state index contributed by atoms with van der Waals surface area (Å²) in [5.41, 5.74) is 0.795. The summed E-state index contributed by atoms with van der Waals surface area (Å²) in [5.74, 6) is -1.18. The number of hydrogen-bond donors (Lipinski definition) is 1. The van der Waals surface area contributed by atoms with Crippen LogP contribution in [-0.4, -0.2) is 40.0 Å². The van der Waals surface area contributed by atoms with Crippen molar-refractivity contribution < 1.29 is 19.4 Å². The Morgan fingerprint density at radius 3 is 3.05 bits per heavy atom. The maximum absolute atomic E-state index is 11.8. The maximum Gasteiger partial charge on any atom is 0.308 e. The van der Waals surface area contributed by atoms with Crippen molar-refractivity contribution in [2.24, 2.45) is 5.92 Å². The summed E-state index contributed by atoms with van der Waals surface area (Å²) >= 11 is 0. The molecule has 2 rings (SSSR count). The minimum atomic E-state index is -0.924. The number of ether oxygens (including phenoxy) is 1. The number of aromatic nitrogens is 1. The van der Waals surface area contributed by atoms with E-state index in [9.17, 15) is 9.59 Å². The van der Waals surface area contributed by atoms with E-state index < -0.39 is 11.9 Å². The van der Waals surface area contributed by atoms with Crippen LogP contribution in [0.25, 0.3) is 0 Å². The zero-order valence-corrected chi connectivity index (χ0v) is 10.7. The normalized spacial score (nSPS) is 18.7. The number of carbonyl (C=O) groups is 2. The van der Waals surface area contributed by atoms with Gasteiger partial charge in [0.2, 0.25) is 11.8 Å². The van der Waals surface area contributed by atoms with Gasteiger partial charge in [0.05, 0.1) is 19.1 Å². The molecule has 6 nitrogen and oxygen atoms in total. The van der Waals surface area contributed by atoms with Crippen LogP contribution in [0.2, 0.25) is 0 Å². The Hall–Kier alpha value is -2.11. The molecule has 1 aromatic heterocycles. The Balaban J connectivity index is 2.09. The average Bonchev–Trinajstić information content (AvgIpc) is 2.74. The monoisotopic (exact) mass is 264 g/mol. The van der Waals surface area contributed by atoms with Gasteiger partial charge < -0.3 is 14.7 Å². The number of hydrogen-bond acceptors (Lipinski definition) is 4. The number of aliphatic carboxylic acids is 1. The topological polar surface area (TPSA) is 79.7 Å². The van der Waals surface area contributed by atoms with E-state index >= 15 is 0 Å². The van der Waals surface area contributed by atoms with Crippen LogP contribution in [0.3, 0.4) is 0 Å². The van der Waals surface area contributed by atoms with Crippen molar-refractivity contribution in [3.8, 4) is 5.88 Å². The number of rotatable bonds is 5. The number of carboxylic acid groups (broad SMARTS) is 1. The molecule has 1 aliphatic heterocycles. The number of likely N-dealkylation sites (tertiary alicyclic amines) is 1. The molecule has 6 heteroatoms. The van der Waals surface area contributed by atoms with E-state index in [1.54, 1.807) is 17.2 Å². The molecular formula is C13H16N2O4. The lowest BCUT2D eigenvalue weighted by Gasteiger charge is -2.17. The summed E-state index contributed by atoms with van der Waals surface area (Å²) in [7, 11) is 0. The van der Waals surface area contributed by atoms with Crippen molar-refractivity contribution in [3.05, 3.63) is 23.9 Å². The van der Waals surface area contributed by atoms with Crippen LogP contribution in [0.1, 0.15) is 18.9 Å². The number of carbonyl (C=O) groups excluding carboxylic acids is 1. The number of carboxylic acids is 1. The molecule has 1 amide bonds. The van der Waals surface area contributed by atoms with Gasteiger partial charge in [-0.05, 0) is 13.0 Å². The molecule has 1 aromatic rings. The molecule has 1 aliphatic rings. The number of amides is 1. The van der Waals surface area contributed by atoms with Crippen molar-refractivity contribution >= 4 is 11.9 Å². The van der Waals surface area contributed by atoms with Crippen LogP contribution < -0.4 is 4.74 Å². The summed E-state index contributed by atoms with van der Waals surface area (Å²) in [6.07, 6.45) is 1.69. The first-order valence-electron chi connectivity index (χ1n) is 6.19. The highest BCUT2D eigenvalue weighted by Gasteiger charge is 2.34. The molecule has 1 N–H and O–H groups in total. The first kappa shape index (κ1) is 13.3. The number of pyridine rings is 1. The Kier molecular flexibility index (Phi) is 3.99. The summed E-state index contributed by atoms with van der Waals surface area (Å²) < 4.78 is 5.39. The highest BCUT2D eigenvalue weighted by Crippen LogP contribution is 2.23. The fourth-order valence-electron chi connectivity index (χ4n) is 2.11. The van der Waals surface area contributed by atoms with Crippen LogP contribution in [0.15, 0.2) is 18.3 Å². The predicted octanol–water partition coefficient (Wildman–Crippen LogP) is 0.913. The van der Waals surface area contributed by atoms with E-state index in [2.05, 4.69) is 4.98 Å². The van der Waals surface area contributed by atoms with Gasteiger partial charge in [0.25, 0.3) is 0 Å². The Morgan fingerprint density at radius 1 is 1.63 bits per heavy atom. The predicted molar refractivity (Wildman–Crippen MR) is 66.6 cm³/mol. The molecule has 1 saturated heterocycles. The van der Waals surface area contributed by atoms with Crippen molar-refractivity contribution in [1.82, 2.24) is 9.88 Å². The molecule has 0 saturated carbocycles. The molecule has 19 heavy (non-hydrogen) atoms. The molecule has 2 heterocycles. The van der Waals surface area contributed by atoms with Gasteiger partial charge >= 0.3 is 5.97 Å². The standard InChI is InChI=1S/C13H16N2O4/c1-2-19-12-9(4-3-5-14-12)7-15-8-10(13(17)18)6-11(15)16/h3-5,10H,2,6-8H2,1H3,(H,17,18). The largest absolute Gasteiger partial charge is 0.481 e. The minimum absolute atomic E-state index is 0.0690. The second-order valence-electron chi connectivity index (χ2n) is 4.41. The van der Waals surface area contributed by atoms with E-state index in [0.717, 1.165) is 5.56 Å². The molecule has 1 fully saturated rings. The SMILES string of the molecule is CCOc1ncccc1CN1CC(C(=O)O)CC1=O. The van der Waals surface area contributed by atoms with Crippen molar-refractivity contribution in [2.75, 3.05) is 13.2 Å². The summed E-state index contributed by atoms with van der Waals surface area (Å²) in [4.78, 5) is 28.3. The van der Waals surface area contributed by atoms with Gasteiger partial charge in [-0.25, -0.2) is 4.98 Å². The molecule has 0 radical (unpaired) electrons. The fraction of sp³-hybridized carbons (Fsp3) is 0.462. The molecular weight excluding hydrogens is 248 g/mol. The highest BCUT2D eigenvalue weighted by atomic mass is 16.5. The second kappa shape index (κ2) is 5.69. The molecule has 0 spiro atoms. The van der Waals surface area contributed by atoms with E-state index in [1.165, 1.54) is 0 Å². The average molecular weight is 264 g/mol. The lowest BCUT2D eigenvalue weighted by atomic mass is 10.1. The van der Waals surface area contributed by atoms with Gasteiger partial charge in [0.1, 0.15) is 0 Å². The van der Waals surface area contributed by atoms with Crippen LogP contribution in [0, 0.1) is 5.92 Å². The van der Waals surface area contributed by atoms with E-state index in [-0.39, 0.29) is 18.9 Å². The van der Waals surface area contributed by atoms with Gasteiger partial charge in [-0.1, -0.05) is 6.07 Å². The van der Waals surface area contributed by atoms with Gasteiger partial charge in [-0.3, -0.25) is 9.59 Å². The van der Waals surface area contributed by atoms with E-state index in [0.29, 0.717) is 19.0 Å². The van der Waals surface area contributed by atoms with Crippen molar-refractivity contribution in [3.63, 3.8) is 0 Å². The zero-order chi connectivity index (χ0) is 13.8. The lowest BCUT2D eigenvalue weighted by molar-refractivity contribution is -0.141. The lowest BCUT2D eigenvalue weighted by Crippen LogP contribution is -2.26. The summed E-state index contributed by atoms with van der Waals surface area (Å²) in [6.45, 7) is 2.94. The van der Waals surface area contributed by atoms with Crippen LogP contribution in [0.4, 0.5) is 0 Å². The Bertz CT molecular complexity index is 489. The maximum atomic E-state index is 11.8. The van der Waals surface area contributed by atoms with E-state index in [1.807, 2.05) is 13.0 Å². The zero-order valence-electron chi connectivity index (χ0n) is 10.7. The van der Waals surface area contributed by atoms with Gasteiger partial charge in [0, 0.05) is 24.7 Å². The van der Waals surface area contributed by atoms with Gasteiger partial charge in [-0.15, -0.1) is 0 Å². The smallest absolute Gasteiger partial charge is 0.308 e. The highest BCUT2D eigenvalue weighted by molar-refractivity contribution is 5.86.